The summed E-state index contributed by atoms with van der Waals surface area (Å²) in [6.45, 7) is 5.32. The highest BCUT2D eigenvalue weighted by Gasteiger charge is 2.20. The van der Waals surface area contributed by atoms with Gasteiger partial charge in [0.15, 0.2) is 0 Å². The molecular weight excluding hydrogens is 302 g/mol. The average Bonchev–Trinajstić information content (AvgIpc) is 2.49. The molecule has 0 unspecified atom stereocenters. The van der Waals surface area contributed by atoms with Gasteiger partial charge in [0.2, 0.25) is 17.7 Å². The molecule has 2 N–H and O–H groups in total. The van der Waals surface area contributed by atoms with Gasteiger partial charge in [0.05, 0.1) is 13.7 Å². The molecule has 132 valence electrons. The molecule has 0 saturated carbocycles. The van der Waals surface area contributed by atoms with Gasteiger partial charge in [0, 0.05) is 13.0 Å². The molecular formula is C15H27N3O5. The van der Waals surface area contributed by atoms with Crippen molar-refractivity contribution < 1.29 is 23.9 Å². The number of methoxy groups -OCH3 is 1. The van der Waals surface area contributed by atoms with Crippen molar-refractivity contribution in [3.8, 4) is 0 Å². The minimum Gasteiger partial charge on any atom is -0.468 e. The highest BCUT2D eigenvalue weighted by Crippen LogP contribution is 2.02. The zero-order chi connectivity index (χ0) is 17.8. The Morgan fingerprint density at radius 3 is 2.22 bits per heavy atom. The Bertz CT molecular complexity index is 423. The second kappa shape index (κ2) is 11.4. The van der Waals surface area contributed by atoms with Gasteiger partial charge in [0.1, 0.15) is 13.1 Å². The first-order valence-electron chi connectivity index (χ1n) is 7.68. The Hall–Kier alpha value is -2.12. The van der Waals surface area contributed by atoms with Crippen LogP contribution in [0.2, 0.25) is 0 Å². The molecule has 0 saturated heterocycles. The Labute approximate surface area is 136 Å². The van der Waals surface area contributed by atoms with E-state index in [4.69, 9.17) is 0 Å². The van der Waals surface area contributed by atoms with Crippen molar-refractivity contribution in [3.63, 3.8) is 0 Å². The largest absolute Gasteiger partial charge is 0.468 e. The van der Waals surface area contributed by atoms with Gasteiger partial charge in [-0.2, -0.15) is 0 Å². The van der Waals surface area contributed by atoms with Crippen molar-refractivity contribution >= 4 is 23.7 Å². The van der Waals surface area contributed by atoms with E-state index in [-0.39, 0.29) is 31.4 Å². The fraction of sp³-hybridized carbons (Fsp3) is 0.733. The summed E-state index contributed by atoms with van der Waals surface area (Å²) >= 11 is 0. The van der Waals surface area contributed by atoms with Crippen LogP contribution < -0.4 is 10.6 Å². The van der Waals surface area contributed by atoms with Crippen LogP contribution in [0.25, 0.3) is 0 Å². The maximum atomic E-state index is 12.1. The maximum absolute atomic E-state index is 12.1. The number of hydrogen-bond donors (Lipinski definition) is 2. The molecule has 0 aliphatic carbocycles. The van der Waals surface area contributed by atoms with Crippen LogP contribution >= 0.6 is 0 Å². The van der Waals surface area contributed by atoms with E-state index in [2.05, 4.69) is 15.4 Å². The number of esters is 1. The first-order chi connectivity index (χ1) is 10.8. The molecule has 0 aromatic rings. The first-order valence-corrected chi connectivity index (χ1v) is 7.68. The molecule has 0 fully saturated rings. The molecule has 0 aliphatic rings. The van der Waals surface area contributed by atoms with E-state index in [1.165, 1.54) is 7.11 Å². The summed E-state index contributed by atoms with van der Waals surface area (Å²) in [5, 5.41) is 5.05. The lowest BCUT2D eigenvalue weighted by Crippen LogP contribution is -2.47. The summed E-state index contributed by atoms with van der Waals surface area (Å²) in [4.78, 5) is 47.7. The Kier molecular flexibility index (Phi) is 10.4. The summed E-state index contributed by atoms with van der Waals surface area (Å²) < 4.78 is 4.51. The minimum absolute atomic E-state index is 0.233. The van der Waals surface area contributed by atoms with Crippen molar-refractivity contribution in [2.45, 2.75) is 33.6 Å². The third-order valence-electron chi connectivity index (χ3n) is 2.99. The number of nitrogens with zero attached hydrogens (tertiary/aromatic N) is 1. The fourth-order valence-corrected chi connectivity index (χ4v) is 1.67. The molecule has 0 aromatic carbocycles. The molecule has 0 radical (unpaired) electrons. The topological polar surface area (TPSA) is 105 Å². The van der Waals surface area contributed by atoms with Crippen LogP contribution in [0, 0.1) is 5.92 Å². The Balaban J connectivity index is 4.51. The summed E-state index contributed by atoms with van der Waals surface area (Å²) in [5.74, 6) is -1.36. The van der Waals surface area contributed by atoms with Gasteiger partial charge < -0.3 is 20.3 Å². The number of rotatable bonds is 10. The summed E-state index contributed by atoms with van der Waals surface area (Å²) in [7, 11) is 1.20. The number of carbonyl (C=O) groups is 4. The van der Waals surface area contributed by atoms with Crippen molar-refractivity contribution in [2.75, 3.05) is 33.3 Å². The number of nitrogens with one attached hydrogen (secondary N) is 2. The van der Waals surface area contributed by atoms with Crippen LogP contribution in [-0.4, -0.2) is 61.9 Å². The molecule has 0 aromatic heterocycles. The summed E-state index contributed by atoms with van der Waals surface area (Å²) in [6, 6.07) is 0. The monoisotopic (exact) mass is 329 g/mol. The van der Waals surface area contributed by atoms with Crippen molar-refractivity contribution in [1.29, 1.82) is 0 Å². The van der Waals surface area contributed by atoms with Gasteiger partial charge in [-0.05, 0) is 19.3 Å². The van der Waals surface area contributed by atoms with E-state index in [0.717, 1.165) is 11.3 Å². The molecule has 0 atom stereocenters. The lowest BCUT2D eigenvalue weighted by Gasteiger charge is -2.21. The van der Waals surface area contributed by atoms with Crippen molar-refractivity contribution in [2.24, 2.45) is 5.92 Å². The van der Waals surface area contributed by atoms with Crippen LogP contribution in [0.1, 0.15) is 33.6 Å². The van der Waals surface area contributed by atoms with Gasteiger partial charge in [-0.15, -0.1) is 0 Å². The summed E-state index contributed by atoms with van der Waals surface area (Å²) in [6.07, 6.45) is 1.06. The number of likely N-dealkylation sites (N-methyl/N-ethyl adjacent to an activating group) is 1. The highest BCUT2D eigenvalue weighted by atomic mass is 16.5. The van der Waals surface area contributed by atoms with E-state index >= 15 is 0 Å². The smallest absolute Gasteiger partial charge is 0.325 e. The molecule has 0 aliphatic heterocycles. The summed E-state index contributed by atoms with van der Waals surface area (Å²) in [5.41, 5.74) is 0. The Morgan fingerprint density at radius 2 is 1.70 bits per heavy atom. The van der Waals surface area contributed by atoms with Gasteiger partial charge in [-0.25, -0.2) is 0 Å². The van der Waals surface area contributed by atoms with Crippen LogP contribution in [0.3, 0.4) is 0 Å². The molecule has 23 heavy (non-hydrogen) atoms. The van der Waals surface area contributed by atoms with Gasteiger partial charge in [-0.1, -0.05) is 13.8 Å². The van der Waals surface area contributed by atoms with Gasteiger partial charge >= 0.3 is 5.97 Å². The van der Waals surface area contributed by atoms with Crippen molar-refractivity contribution in [1.82, 2.24) is 15.5 Å². The van der Waals surface area contributed by atoms with E-state index in [0.29, 0.717) is 18.9 Å². The molecule has 0 bridgehead atoms. The zero-order valence-corrected chi connectivity index (χ0v) is 14.3. The molecule has 8 heteroatoms. The average molecular weight is 329 g/mol. The molecule has 3 amide bonds. The van der Waals surface area contributed by atoms with Crippen LogP contribution in [0.15, 0.2) is 0 Å². The normalized spacial score (nSPS) is 10.1. The lowest BCUT2D eigenvalue weighted by molar-refractivity contribution is -0.147. The molecule has 0 spiro atoms. The third-order valence-corrected chi connectivity index (χ3v) is 2.99. The third kappa shape index (κ3) is 10.3. The van der Waals surface area contributed by atoms with Gasteiger partial charge in [0.25, 0.3) is 0 Å². The van der Waals surface area contributed by atoms with Crippen molar-refractivity contribution in [3.05, 3.63) is 0 Å². The van der Waals surface area contributed by atoms with Crippen LogP contribution in [0.4, 0.5) is 0 Å². The minimum atomic E-state index is -0.631. The van der Waals surface area contributed by atoms with E-state index in [9.17, 15) is 19.2 Å². The van der Waals surface area contributed by atoms with E-state index < -0.39 is 11.9 Å². The number of carbonyl (C=O) groups excluding carboxylic acids is 4. The maximum Gasteiger partial charge on any atom is 0.325 e. The standard InChI is InChI=1S/C15H27N3O5/c1-5-16-13(20)9-18(10-15(22)23-4)14(21)8-17-12(19)7-6-11(2)3/h11H,5-10H2,1-4H3,(H,16,20)(H,17,19). The molecule has 0 rings (SSSR count). The predicted molar refractivity (Wildman–Crippen MR) is 84.4 cm³/mol. The first kappa shape index (κ1) is 20.9. The van der Waals surface area contributed by atoms with E-state index in [1.807, 2.05) is 13.8 Å². The number of ether oxygens (including phenoxy) is 1. The zero-order valence-electron chi connectivity index (χ0n) is 14.3. The lowest BCUT2D eigenvalue weighted by atomic mass is 10.1. The fourth-order valence-electron chi connectivity index (χ4n) is 1.67. The number of hydrogen-bond acceptors (Lipinski definition) is 5. The Morgan fingerprint density at radius 1 is 1.04 bits per heavy atom. The predicted octanol–water partition coefficient (Wildman–Crippen LogP) is -0.323. The molecule has 8 nitrogen and oxygen atoms in total. The second-order valence-corrected chi connectivity index (χ2v) is 5.49. The van der Waals surface area contributed by atoms with Crippen LogP contribution in [-0.2, 0) is 23.9 Å². The quantitative estimate of drug-likeness (QED) is 0.534. The highest BCUT2D eigenvalue weighted by molar-refractivity contribution is 5.90. The second-order valence-electron chi connectivity index (χ2n) is 5.49. The van der Waals surface area contributed by atoms with E-state index in [1.54, 1.807) is 6.92 Å². The SMILES string of the molecule is CCNC(=O)CN(CC(=O)OC)C(=O)CNC(=O)CCC(C)C. The number of amides is 3. The molecule has 0 heterocycles. The van der Waals surface area contributed by atoms with Gasteiger partial charge in [-0.3, -0.25) is 19.2 Å². The van der Waals surface area contributed by atoms with Crippen LogP contribution in [0.5, 0.6) is 0 Å².